The van der Waals surface area contributed by atoms with E-state index < -0.39 is 0 Å². The Balaban J connectivity index is 0.000000251. The van der Waals surface area contributed by atoms with Crippen molar-refractivity contribution in [3.8, 4) is 0 Å². The zero-order valence-corrected chi connectivity index (χ0v) is 8.04. The zero-order chi connectivity index (χ0) is 9.68. The Morgan fingerprint density at radius 1 is 1.38 bits per heavy atom. The molecule has 0 fully saturated rings. The molecule has 0 amide bonds. The van der Waals surface area contributed by atoms with E-state index in [0.29, 0.717) is 0 Å². The van der Waals surface area contributed by atoms with Crippen LogP contribution in [0.1, 0.15) is 20.3 Å². The van der Waals surface area contributed by atoms with Gasteiger partial charge in [-0.25, -0.2) is 4.98 Å². The molecule has 0 unspecified atom stereocenters. The second-order valence-electron chi connectivity index (χ2n) is 2.85. The summed E-state index contributed by atoms with van der Waals surface area (Å²) in [5.74, 6) is 0. The molecule has 0 spiro atoms. The van der Waals surface area contributed by atoms with Crippen molar-refractivity contribution in [2.24, 2.45) is 0 Å². The standard InChI is InChI=1S/C7H7N3.C3H8/c8-5-2-1-3-6-7(5)10-4-9-6;1-3-2/h1-4H,8H2,(H,9,10);3H2,1-2H3. The lowest BCUT2D eigenvalue weighted by Gasteiger charge is -1.90. The van der Waals surface area contributed by atoms with Crippen LogP contribution in [0, 0.1) is 0 Å². The number of hydrogen-bond acceptors (Lipinski definition) is 2. The van der Waals surface area contributed by atoms with E-state index in [1.165, 1.54) is 6.42 Å². The molecule has 0 saturated carbocycles. The molecule has 0 bridgehead atoms. The maximum atomic E-state index is 5.62. The van der Waals surface area contributed by atoms with Gasteiger partial charge in [-0.3, -0.25) is 0 Å². The maximum Gasteiger partial charge on any atom is 0.111 e. The number of para-hydroxylation sites is 1. The molecule has 1 aromatic carbocycles. The molecular weight excluding hydrogens is 162 g/mol. The van der Waals surface area contributed by atoms with E-state index in [0.717, 1.165) is 16.7 Å². The average Bonchev–Trinajstić information content (AvgIpc) is 2.54. The van der Waals surface area contributed by atoms with Crippen LogP contribution >= 0.6 is 0 Å². The highest BCUT2D eigenvalue weighted by atomic mass is 14.9. The fraction of sp³-hybridized carbons (Fsp3) is 0.300. The quantitative estimate of drug-likeness (QED) is 0.607. The van der Waals surface area contributed by atoms with Crippen LogP contribution in [0.4, 0.5) is 5.69 Å². The summed E-state index contributed by atoms with van der Waals surface area (Å²) in [6.07, 6.45) is 2.89. The minimum atomic E-state index is 0.721. The van der Waals surface area contributed by atoms with Crippen molar-refractivity contribution >= 4 is 16.7 Å². The van der Waals surface area contributed by atoms with Gasteiger partial charge in [0.1, 0.15) is 5.52 Å². The second-order valence-corrected chi connectivity index (χ2v) is 2.85. The van der Waals surface area contributed by atoms with Crippen molar-refractivity contribution in [3.63, 3.8) is 0 Å². The summed E-state index contributed by atoms with van der Waals surface area (Å²) in [5.41, 5.74) is 8.17. The minimum Gasteiger partial charge on any atom is -0.397 e. The normalized spacial score (nSPS) is 9.38. The van der Waals surface area contributed by atoms with Gasteiger partial charge in [0, 0.05) is 0 Å². The molecule has 0 atom stereocenters. The molecule has 0 aliphatic carbocycles. The van der Waals surface area contributed by atoms with Gasteiger partial charge < -0.3 is 10.7 Å². The van der Waals surface area contributed by atoms with E-state index in [1.54, 1.807) is 6.33 Å². The SMILES string of the molecule is CCC.Nc1cccc2[nH]cnc12. The monoisotopic (exact) mass is 177 g/mol. The number of H-pyrrole nitrogens is 1. The van der Waals surface area contributed by atoms with Crippen molar-refractivity contribution in [1.82, 2.24) is 9.97 Å². The minimum absolute atomic E-state index is 0.721. The van der Waals surface area contributed by atoms with Crippen LogP contribution in [0.5, 0.6) is 0 Å². The van der Waals surface area contributed by atoms with Gasteiger partial charge in [-0.2, -0.15) is 0 Å². The Morgan fingerprint density at radius 3 is 2.69 bits per heavy atom. The Kier molecular flexibility index (Phi) is 3.31. The lowest BCUT2D eigenvalue weighted by molar-refractivity contribution is 1.09. The highest BCUT2D eigenvalue weighted by Gasteiger charge is 1.96. The average molecular weight is 177 g/mol. The number of aromatic amines is 1. The first-order valence-corrected chi connectivity index (χ1v) is 4.47. The number of fused-ring (bicyclic) bond motifs is 1. The highest BCUT2D eigenvalue weighted by Crippen LogP contribution is 2.15. The number of imidazole rings is 1. The fourth-order valence-corrected chi connectivity index (χ4v) is 0.988. The van der Waals surface area contributed by atoms with Crippen LogP contribution in [0.2, 0.25) is 0 Å². The molecule has 70 valence electrons. The summed E-state index contributed by atoms with van der Waals surface area (Å²) in [6, 6.07) is 5.68. The number of hydrogen-bond donors (Lipinski definition) is 2. The molecule has 1 aromatic heterocycles. The van der Waals surface area contributed by atoms with Crippen LogP contribution in [-0.2, 0) is 0 Å². The van der Waals surface area contributed by atoms with Crippen LogP contribution in [0.25, 0.3) is 11.0 Å². The van der Waals surface area contributed by atoms with E-state index in [1.807, 2.05) is 18.2 Å². The van der Waals surface area contributed by atoms with Gasteiger partial charge in [-0.05, 0) is 12.1 Å². The Hall–Kier alpha value is -1.51. The number of benzene rings is 1. The molecule has 13 heavy (non-hydrogen) atoms. The van der Waals surface area contributed by atoms with E-state index >= 15 is 0 Å². The van der Waals surface area contributed by atoms with Crippen molar-refractivity contribution in [2.75, 3.05) is 5.73 Å². The van der Waals surface area contributed by atoms with Crippen LogP contribution < -0.4 is 5.73 Å². The summed E-state index contributed by atoms with van der Waals surface area (Å²) in [5, 5.41) is 0. The highest BCUT2D eigenvalue weighted by molar-refractivity contribution is 5.86. The number of rotatable bonds is 0. The van der Waals surface area contributed by atoms with E-state index in [4.69, 9.17) is 5.73 Å². The third-order valence-corrected chi connectivity index (χ3v) is 1.48. The summed E-state index contributed by atoms with van der Waals surface area (Å²) >= 11 is 0. The summed E-state index contributed by atoms with van der Waals surface area (Å²) < 4.78 is 0. The molecular formula is C10H15N3. The van der Waals surface area contributed by atoms with Gasteiger partial charge in [-0.15, -0.1) is 0 Å². The first-order valence-electron chi connectivity index (χ1n) is 4.47. The lowest BCUT2D eigenvalue weighted by Crippen LogP contribution is -1.84. The topological polar surface area (TPSA) is 54.7 Å². The Bertz CT molecular complexity index is 365. The zero-order valence-electron chi connectivity index (χ0n) is 8.04. The number of nitrogen functional groups attached to an aromatic ring is 1. The predicted molar refractivity (Wildman–Crippen MR) is 56.5 cm³/mol. The molecule has 1 heterocycles. The van der Waals surface area contributed by atoms with E-state index in [-0.39, 0.29) is 0 Å². The van der Waals surface area contributed by atoms with Gasteiger partial charge in [0.05, 0.1) is 17.5 Å². The number of anilines is 1. The summed E-state index contributed by atoms with van der Waals surface area (Å²) in [4.78, 5) is 7.01. The van der Waals surface area contributed by atoms with E-state index in [2.05, 4.69) is 23.8 Å². The molecule has 0 saturated heterocycles. The number of aromatic nitrogens is 2. The molecule has 0 aliphatic rings. The smallest absolute Gasteiger partial charge is 0.111 e. The summed E-state index contributed by atoms with van der Waals surface area (Å²) in [7, 11) is 0. The first-order chi connectivity index (χ1) is 6.29. The molecule has 0 aliphatic heterocycles. The second kappa shape index (κ2) is 4.50. The maximum absolute atomic E-state index is 5.62. The molecule has 3 heteroatoms. The van der Waals surface area contributed by atoms with Gasteiger partial charge in [0.15, 0.2) is 0 Å². The van der Waals surface area contributed by atoms with Gasteiger partial charge >= 0.3 is 0 Å². The third kappa shape index (κ3) is 2.21. The van der Waals surface area contributed by atoms with Gasteiger partial charge in [0.2, 0.25) is 0 Å². The van der Waals surface area contributed by atoms with Gasteiger partial charge in [-0.1, -0.05) is 26.3 Å². The fourth-order valence-electron chi connectivity index (χ4n) is 0.988. The molecule has 0 radical (unpaired) electrons. The van der Waals surface area contributed by atoms with Crippen LogP contribution in [-0.4, -0.2) is 9.97 Å². The van der Waals surface area contributed by atoms with Crippen molar-refractivity contribution < 1.29 is 0 Å². The van der Waals surface area contributed by atoms with Gasteiger partial charge in [0.25, 0.3) is 0 Å². The third-order valence-electron chi connectivity index (χ3n) is 1.48. The predicted octanol–water partition coefficient (Wildman–Crippen LogP) is 2.56. The Labute approximate surface area is 78.0 Å². The van der Waals surface area contributed by atoms with Crippen molar-refractivity contribution in [1.29, 1.82) is 0 Å². The largest absolute Gasteiger partial charge is 0.397 e. The van der Waals surface area contributed by atoms with Crippen LogP contribution in [0.3, 0.4) is 0 Å². The molecule has 2 rings (SSSR count). The van der Waals surface area contributed by atoms with Crippen molar-refractivity contribution in [2.45, 2.75) is 20.3 Å². The van der Waals surface area contributed by atoms with Crippen molar-refractivity contribution in [3.05, 3.63) is 24.5 Å². The van der Waals surface area contributed by atoms with Crippen LogP contribution in [0.15, 0.2) is 24.5 Å². The number of nitrogens with one attached hydrogen (secondary N) is 1. The first kappa shape index (κ1) is 9.58. The summed E-state index contributed by atoms with van der Waals surface area (Å²) in [6.45, 7) is 4.25. The lowest BCUT2D eigenvalue weighted by atomic mass is 10.3. The number of nitrogens with zero attached hydrogens (tertiary/aromatic N) is 1. The Morgan fingerprint density at radius 2 is 2.08 bits per heavy atom. The number of nitrogens with two attached hydrogens (primary N) is 1. The molecule has 2 aromatic rings. The van der Waals surface area contributed by atoms with E-state index in [9.17, 15) is 0 Å². The molecule has 3 N–H and O–H groups in total. The molecule has 3 nitrogen and oxygen atoms in total.